The van der Waals surface area contributed by atoms with Crippen molar-refractivity contribution in [1.82, 2.24) is 14.9 Å². The molecule has 0 bridgehead atoms. The van der Waals surface area contributed by atoms with Gasteiger partial charge in [0.2, 0.25) is 5.91 Å². The highest BCUT2D eigenvalue weighted by molar-refractivity contribution is 7.80. The Labute approximate surface area is 199 Å². The van der Waals surface area contributed by atoms with E-state index >= 15 is 0 Å². The number of aromatic nitrogens is 2. The number of hydrogen-bond acceptors (Lipinski definition) is 4. The van der Waals surface area contributed by atoms with Crippen molar-refractivity contribution < 1.29 is 9.53 Å². The number of pyridine rings is 1. The Bertz CT molecular complexity index is 1190. The molecule has 4 rings (SSSR count). The molecule has 33 heavy (non-hydrogen) atoms. The zero-order valence-electron chi connectivity index (χ0n) is 19.5. The minimum Gasteiger partial charge on any atom is -0.375 e. The lowest BCUT2D eigenvalue weighted by molar-refractivity contribution is -0.119. The number of methoxy groups -OCH3 is 1. The van der Waals surface area contributed by atoms with E-state index in [-0.39, 0.29) is 24.6 Å². The summed E-state index contributed by atoms with van der Waals surface area (Å²) in [7, 11) is 3.58. The van der Waals surface area contributed by atoms with Crippen LogP contribution in [0, 0.1) is 20.8 Å². The van der Waals surface area contributed by atoms with Crippen LogP contribution in [0.5, 0.6) is 0 Å². The molecule has 0 unspecified atom stereocenters. The molecule has 2 aromatic heterocycles. The molecule has 2 N–H and O–H groups in total. The molecule has 1 fully saturated rings. The van der Waals surface area contributed by atoms with E-state index in [9.17, 15) is 4.79 Å². The Kier molecular flexibility index (Phi) is 6.49. The minimum atomic E-state index is -0.185. The Morgan fingerprint density at radius 2 is 2.00 bits per heavy atom. The number of nitrogens with one attached hydrogen (secondary N) is 2. The van der Waals surface area contributed by atoms with E-state index in [4.69, 9.17) is 17.0 Å². The second-order valence-electron chi connectivity index (χ2n) is 8.36. The minimum absolute atomic E-state index is 0.0157. The summed E-state index contributed by atoms with van der Waals surface area (Å²) in [6, 6.07) is 14.0. The highest BCUT2D eigenvalue weighted by atomic mass is 32.1. The summed E-state index contributed by atoms with van der Waals surface area (Å²) in [5.74, 6) is -0.185. The topological polar surface area (TPSA) is 71.4 Å². The summed E-state index contributed by atoms with van der Waals surface area (Å²) in [6.07, 6.45) is 1.81. The molecule has 0 aliphatic carbocycles. The third kappa shape index (κ3) is 4.36. The van der Waals surface area contributed by atoms with Gasteiger partial charge in [-0.1, -0.05) is 6.07 Å². The number of rotatable bonds is 6. The first-order chi connectivity index (χ1) is 15.8. The van der Waals surface area contributed by atoms with Gasteiger partial charge in [-0.3, -0.25) is 9.78 Å². The average molecular weight is 464 g/mol. The fraction of sp³-hybridized carbons (Fsp3) is 0.320. The van der Waals surface area contributed by atoms with E-state index in [0.717, 1.165) is 22.6 Å². The van der Waals surface area contributed by atoms with Crippen LogP contribution in [0.3, 0.4) is 0 Å². The summed E-state index contributed by atoms with van der Waals surface area (Å²) in [4.78, 5) is 18.8. The normalized spacial score (nSPS) is 17.8. The van der Waals surface area contributed by atoms with Crippen LogP contribution in [0.4, 0.5) is 11.4 Å². The molecule has 1 aliphatic rings. The van der Waals surface area contributed by atoms with Crippen LogP contribution in [0.15, 0.2) is 48.7 Å². The lowest BCUT2D eigenvalue weighted by atomic mass is 9.96. The third-order valence-electron chi connectivity index (χ3n) is 6.27. The van der Waals surface area contributed by atoms with Crippen molar-refractivity contribution in [1.29, 1.82) is 0 Å². The molecule has 0 spiro atoms. The SMILES string of the molecule is COCC(=O)Nc1ccc(N2C(=S)N[C@@H](c3ccccn3)[C@@H]2c2cc(C)n(C)c2C)cc1C. The van der Waals surface area contributed by atoms with Gasteiger partial charge in [-0.2, -0.15) is 0 Å². The lowest BCUT2D eigenvalue weighted by Gasteiger charge is -2.28. The van der Waals surface area contributed by atoms with Crippen LogP contribution in [-0.4, -0.2) is 34.3 Å². The Morgan fingerprint density at radius 1 is 1.21 bits per heavy atom. The number of nitrogens with zero attached hydrogens (tertiary/aromatic N) is 3. The smallest absolute Gasteiger partial charge is 0.250 e. The van der Waals surface area contributed by atoms with Crippen LogP contribution < -0.4 is 15.5 Å². The van der Waals surface area contributed by atoms with E-state index < -0.39 is 0 Å². The van der Waals surface area contributed by atoms with Gasteiger partial charge in [0.25, 0.3) is 0 Å². The molecule has 1 aliphatic heterocycles. The summed E-state index contributed by atoms with van der Waals surface area (Å²) < 4.78 is 7.12. The van der Waals surface area contributed by atoms with E-state index in [1.54, 1.807) is 0 Å². The van der Waals surface area contributed by atoms with E-state index in [2.05, 4.69) is 58.1 Å². The predicted molar refractivity (Wildman–Crippen MR) is 135 cm³/mol. The predicted octanol–water partition coefficient (Wildman–Crippen LogP) is 4.11. The maximum Gasteiger partial charge on any atom is 0.250 e. The first-order valence-electron chi connectivity index (χ1n) is 10.8. The Morgan fingerprint density at radius 3 is 2.61 bits per heavy atom. The largest absolute Gasteiger partial charge is 0.375 e. The summed E-state index contributed by atoms with van der Waals surface area (Å²) >= 11 is 5.83. The molecule has 0 radical (unpaired) electrons. The first-order valence-corrected chi connectivity index (χ1v) is 11.3. The molecule has 3 aromatic rings. The van der Waals surface area contributed by atoms with Crippen molar-refractivity contribution in [3.63, 3.8) is 0 Å². The monoisotopic (exact) mass is 463 g/mol. The fourth-order valence-corrected chi connectivity index (χ4v) is 4.73. The van der Waals surface area contributed by atoms with Crippen molar-refractivity contribution >= 4 is 34.6 Å². The van der Waals surface area contributed by atoms with Gasteiger partial charge in [0.05, 0.1) is 17.8 Å². The lowest BCUT2D eigenvalue weighted by Crippen LogP contribution is -2.29. The van der Waals surface area contributed by atoms with Gasteiger partial charge >= 0.3 is 0 Å². The Balaban J connectivity index is 1.77. The molecule has 1 aromatic carbocycles. The number of anilines is 2. The number of amides is 1. The van der Waals surface area contributed by atoms with E-state index in [1.165, 1.54) is 24.1 Å². The molecular formula is C25H29N5O2S. The van der Waals surface area contributed by atoms with E-state index in [1.807, 2.05) is 43.5 Å². The fourth-order valence-electron chi connectivity index (χ4n) is 4.39. The third-order valence-corrected chi connectivity index (χ3v) is 6.58. The summed E-state index contributed by atoms with van der Waals surface area (Å²) in [5.41, 5.74) is 7.17. The van der Waals surface area contributed by atoms with Gasteiger partial charge in [-0.25, -0.2) is 0 Å². The van der Waals surface area contributed by atoms with E-state index in [0.29, 0.717) is 5.11 Å². The zero-order valence-corrected chi connectivity index (χ0v) is 20.4. The highest BCUT2D eigenvalue weighted by Gasteiger charge is 2.42. The molecule has 2 atom stereocenters. The van der Waals surface area contributed by atoms with Gasteiger partial charge in [0.15, 0.2) is 5.11 Å². The van der Waals surface area contributed by atoms with Crippen molar-refractivity contribution in [2.45, 2.75) is 32.9 Å². The van der Waals surface area contributed by atoms with Crippen LogP contribution in [0.25, 0.3) is 0 Å². The van der Waals surface area contributed by atoms with Gasteiger partial charge in [-0.05, 0) is 80.5 Å². The molecule has 3 heterocycles. The molecule has 0 saturated carbocycles. The van der Waals surface area contributed by atoms with Gasteiger partial charge in [-0.15, -0.1) is 0 Å². The second-order valence-corrected chi connectivity index (χ2v) is 8.75. The maximum atomic E-state index is 12.0. The molecule has 1 saturated heterocycles. The number of hydrogen-bond donors (Lipinski definition) is 2. The first kappa shape index (κ1) is 22.9. The number of carbonyl (C=O) groups excluding carboxylic acids is 1. The van der Waals surface area contributed by atoms with Gasteiger partial charge in [0.1, 0.15) is 6.61 Å². The zero-order chi connectivity index (χ0) is 23.7. The summed E-state index contributed by atoms with van der Waals surface area (Å²) in [6.45, 7) is 6.24. The average Bonchev–Trinajstić information content (AvgIpc) is 3.27. The van der Waals surface area contributed by atoms with Crippen LogP contribution in [0.1, 0.15) is 40.3 Å². The van der Waals surface area contributed by atoms with Gasteiger partial charge in [0, 0.05) is 43.1 Å². The second kappa shape index (κ2) is 9.33. The van der Waals surface area contributed by atoms with Crippen molar-refractivity contribution in [2.75, 3.05) is 23.9 Å². The number of thiocarbonyl (C=S) groups is 1. The Hall–Kier alpha value is -3.23. The molecule has 1 amide bonds. The van der Waals surface area contributed by atoms with Crippen LogP contribution >= 0.6 is 12.2 Å². The van der Waals surface area contributed by atoms with Crippen molar-refractivity contribution in [2.24, 2.45) is 7.05 Å². The maximum absolute atomic E-state index is 12.0. The van der Waals surface area contributed by atoms with Crippen LogP contribution in [0.2, 0.25) is 0 Å². The highest BCUT2D eigenvalue weighted by Crippen LogP contribution is 2.43. The number of ether oxygens (including phenoxy) is 1. The molecule has 8 heteroatoms. The number of carbonyl (C=O) groups is 1. The quantitative estimate of drug-likeness (QED) is 0.536. The summed E-state index contributed by atoms with van der Waals surface area (Å²) in [5, 5.41) is 7.04. The molecular weight excluding hydrogens is 434 g/mol. The van der Waals surface area contributed by atoms with Crippen LogP contribution in [-0.2, 0) is 16.6 Å². The molecule has 172 valence electrons. The standard InChI is InChI=1S/C25H29N5O2S/c1-15-12-18(9-10-20(15)27-22(31)14-32-5)30-24(19-13-16(2)29(4)17(19)3)23(28-25(30)33)21-8-6-7-11-26-21/h6-13,23-24H,14H2,1-5H3,(H,27,31)(H,28,33)/t23-,24-/m0/s1. The number of benzene rings is 1. The van der Waals surface area contributed by atoms with Gasteiger partial charge < -0.3 is 24.8 Å². The van der Waals surface area contributed by atoms with Crippen molar-refractivity contribution in [3.05, 3.63) is 76.9 Å². The van der Waals surface area contributed by atoms with Crippen molar-refractivity contribution in [3.8, 4) is 0 Å². The molecule has 7 nitrogen and oxygen atoms in total. The number of aryl methyl sites for hydroxylation is 2.